The number of hydrogen-bond donors (Lipinski definition) is 4. The molecule has 1 aliphatic rings. The number of nitrogens with zero attached hydrogens (tertiary/aromatic N) is 1. The molecule has 2 aromatic carbocycles. The van der Waals surface area contributed by atoms with Crippen molar-refractivity contribution in [1.82, 2.24) is 15.5 Å². The molecule has 45 heavy (non-hydrogen) atoms. The van der Waals surface area contributed by atoms with Crippen molar-refractivity contribution in [1.29, 1.82) is 0 Å². The van der Waals surface area contributed by atoms with Gasteiger partial charge >= 0.3 is 12.1 Å². The van der Waals surface area contributed by atoms with Gasteiger partial charge in [-0.25, -0.2) is 9.59 Å². The predicted molar refractivity (Wildman–Crippen MR) is 168 cm³/mol. The summed E-state index contributed by atoms with van der Waals surface area (Å²) in [4.78, 5) is 55.9. The number of aryl methyl sites for hydroxylation is 1. The molecule has 0 bridgehead atoms. The van der Waals surface area contributed by atoms with Gasteiger partial charge in [0.1, 0.15) is 35.1 Å². The molecule has 0 radical (unpaired) electrons. The molecule has 0 aromatic heterocycles. The average molecular weight is 626 g/mol. The number of alkyl carbamates (subject to hydrolysis) is 1. The Balaban J connectivity index is 2.05. The zero-order chi connectivity index (χ0) is 33.7. The van der Waals surface area contributed by atoms with E-state index in [4.69, 9.17) is 9.47 Å². The molecule has 0 aliphatic heterocycles. The van der Waals surface area contributed by atoms with Crippen LogP contribution in [0.25, 0.3) is 0 Å². The number of amides is 3. The lowest BCUT2D eigenvalue weighted by Crippen LogP contribution is -2.56. The fourth-order valence-corrected chi connectivity index (χ4v) is 4.94. The van der Waals surface area contributed by atoms with Crippen LogP contribution in [0.3, 0.4) is 0 Å². The van der Waals surface area contributed by atoms with Crippen LogP contribution in [0.2, 0.25) is 0 Å². The zero-order valence-electron chi connectivity index (χ0n) is 27.4. The fourth-order valence-electron chi connectivity index (χ4n) is 4.94. The van der Waals surface area contributed by atoms with Crippen LogP contribution in [-0.2, 0) is 30.3 Å². The molecule has 1 aliphatic carbocycles. The topological polar surface area (TPSA) is 154 Å². The molecule has 1 fully saturated rings. The van der Waals surface area contributed by atoms with Gasteiger partial charge in [0.2, 0.25) is 11.8 Å². The largest absolute Gasteiger partial charge is 0.508 e. The Morgan fingerprint density at radius 3 is 2.04 bits per heavy atom. The van der Waals surface area contributed by atoms with Crippen molar-refractivity contribution in [2.45, 2.75) is 104 Å². The standard InChI is InChI=1S/C34H47N3O8/c1-20-17-26(20)37(30(41)25(19-38)36-32(43)45-34(6,7)8)28(23-14-15-27(39)21(2)16-23)29(40)35-24(31(42)44-33(3,4)5)18-22-12-10-9-11-13-22/h9-16,20,24-26,28,38-39H,17-19H2,1-8H3,(H,35,40)(H,36,43). The lowest BCUT2D eigenvalue weighted by Gasteiger charge is -2.35. The summed E-state index contributed by atoms with van der Waals surface area (Å²) in [6.07, 6.45) is -0.180. The Morgan fingerprint density at radius 1 is 0.933 bits per heavy atom. The van der Waals surface area contributed by atoms with E-state index in [1.807, 2.05) is 37.3 Å². The quantitative estimate of drug-likeness (QED) is 0.274. The number of carbonyl (C=O) groups excluding carboxylic acids is 4. The molecule has 5 unspecified atom stereocenters. The highest BCUT2D eigenvalue weighted by Crippen LogP contribution is 2.41. The summed E-state index contributed by atoms with van der Waals surface area (Å²) in [6.45, 7) is 13.1. The summed E-state index contributed by atoms with van der Waals surface area (Å²) in [5.74, 6) is -1.97. The fraction of sp³-hybridized carbons (Fsp3) is 0.529. The second-order valence-corrected chi connectivity index (χ2v) is 13.6. The van der Waals surface area contributed by atoms with E-state index >= 15 is 0 Å². The molecule has 1 saturated carbocycles. The van der Waals surface area contributed by atoms with Crippen LogP contribution in [-0.4, -0.2) is 74.9 Å². The van der Waals surface area contributed by atoms with E-state index in [9.17, 15) is 29.4 Å². The van der Waals surface area contributed by atoms with Gasteiger partial charge in [-0.2, -0.15) is 0 Å². The van der Waals surface area contributed by atoms with Gasteiger partial charge in [0.15, 0.2) is 0 Å². The number of phenols is 1. The Bertz CT molecular complexity index is 1370. The minimum absolute atomic E-state index is 0.00566. The Labute approximate surface area is 265 Å². The van der Waals surface area contributed by atoms with Crippen molar-refractivity contribution in [3.05, 3.63) is 65.2 Å². The maximum Gasteiger partial charge on any atom is 0.408 e. The number of aromatic hydroxyl groups is 1. The van der Waals surface area contributed by atoms with Gasteiger partial charge in [-0.15, -0.1) is 0 Å². The first kappa shape index (κ1) is 35.4. The molecule has 3 amide bonds. The average Bonchev–Trinajstić information content (AvgIpc) is 3.65. The minimum Gasteiger partial charge on any atom is -0.508 e. The van der Waals surface area contributed by atoms with Crippen LogP contribution in [0.1, 0.15) is 77.6 Å². The Hall–Kier alpha value is -4.12. The minimum atomic E-state index is -1.41. The van der Waals surface area contributed by atoms with Gasteiger partial charge in [-0.05, 0) is 89.6 Å². The third kappa shape index (κ3) is 10.2. The van der Waals surface area contributed by atoms with Crippen LogP contribution < -0.4 is 10.6 Å². The van der Waals surface area contributed by atoms with E-state index in [-0.39, 0.29) is 18.1 Å². The first-order valence-corrected chi connectivity index (χ1v) is 15.2. The van der Waals surface area contributed by atoms with E-state index in [2.05, 4.69) is 10.6 Å². The molecular weight excluding hydrogens is 578 g/mol. The maximum atomic E-state index is 14.4. The third-order valence-electron chi connectivity index (χ3n) is 7.20. The van der Waals surface area contributed by atoms with Gasteiger partial charge in [0.25, 0.3) is 0 Å². The molecule has 11 nitrogen and oxygen atoms in total. The van der Waals surface area contributed by atoms with Gasteiger partial charge in [-0.1, -0.05) is 43.3 Å². The molecular formula is C34H47N3O8. The normalized spacial score (nSPS) is 18.2. The van der Waals surface area contributed by atoms with Gasteiger partial charge < -0.3 is 35.2 Å². The molecule has 0 heterocycles. The number of benzene rings is 2. The number of rotatable bonds is 11. The first-order chi connectivity index (χ1) is 20.9. The highest BCUT2D eigenvalue weighted by Gasteiger charge is 2.48. The Kier molecular flexibility index (Phi) is 11.3. The lowest BCUT2D eigenvalue weighted by molar-refractivity contribution is -0.159. The first-order valence-electron chi connectivity index (χ1n) is 15.2. The lowest BCUT2D eigenvalue weighted by atomic mass is 9.98. The third-order valence-corrected chi connectivity index (χ3v) is 7.20. The number of phenolic OH excluding ortho intramolecular Hbond substituents is 1. The van der Waals surface area contributed by atoms with Crippen molar-refractivity contribution in [3.63, 3.8) is 0 Å². The molecule has 0 spiro atoms. The molecule has 4 N–H and O–H groups in total. The predicted octanol–water partition coefficient (Wildman–Crippen LogP) is 3.93. The highest BCUT2D eigenvalue weighted by molar-refractivity contribution is 5.94. The van der Waals surface area contributed by atoms with Crippen molar-refractivity contribution in [2.75, 3.05) is 6.61 Å². The molecule has 2 aromatic rings. The van der Waals surface area contributed by atoms with Gasteiger partial charge in [0.05, 0.1) is 6.61 Å². The number of esters is 1. The van der Waals surface area contributed by atoms with Crippen LogP contribution in [0.5, 0.6) is 5.75 Å². The summed E-state index contributed by atoms with van der Waals surface area (Å²) < 4.78 is 11.0. The molecule has 246 valence electrons. The van der Waals surface area contributed by atoms with E-state index in [1.165, 1.54) is 17.0 Å². The monoisotopic (exact) mass is 625 g/mol. The van der Waals surface area contributed by atoms with E-state index in [0.717, 1.165) is 5.56 Å². The number of aliphatic hydroxyl groups is 1. The van der Waals surface area contributed by atoms with Gasteiger partial charge in [-0.3, -0.25) is 9.59 Å². The number of ether oxygens (including phenoxy) is 2. The summed E-state index contributed by atoms with van der Waals surface area (Å²) in [6, 6.07) is 9.55. The van der Waals surface area contributed by atoms with Gasteiger partial charge in [0, 0.05) is 12.5 Å². The summed E-state index contributed by atoms with van der Waals surface area (Å²) in [7, 11) is 0. The summed E-state index contributed by atoms with van der Waals surface area (Å²) in [5, 5.41) is 25.7. The van der Waals surface area contributed by atoms with E-state index < -0.39 is 65.9 Å². The Morgan fingerprint density at radius 2 is 1.53 bits per heavy atom. The van der Waals surface area contributed by atoms with Crippen LogP contribution in [0, 0.1) is 12.8 Å². The van der Waals surface area contributed by atoms with Crippen LogP contribution in [0.4, 0.5) is 4.79 Å². The van der Waals surface area contributed by atoms with Crippen molar-refractivity contribution >= 4 is 23.9 Å². The molecule has 3 rings (SSSR count). The van der Waals surface area contributed by atoms with E-state index in [0.29, 0.717) is 17.5 Å². The van der Waals surface area contributed by atoms with Crippen molar-refractivity contribution < 1.29 is 38.9 Å². The van der Waals surface area contributed by atoms with Crippen molar-refractivity contribution in [2.24, 2.45) is 5.92 Å². The van der Waals surface area contributed by atoms with Crippen molar-refractivity contribution in [3.8, 4) is 5.75 Å². The smallest absolute Gasteiger partial charge is 0.408 e. The zero-order valence-corrected chi connectivity index (χ0v) is 27.4. The molecule has 5 atom stereocenters. The SMILES string of the molecule is Cc1cc(C(C(=O)NC(Cc2ccccc2)C(=O)OC(C)(C)C)N(C(=O)C(CO)NC(=O)OC(C)(C)C)C2CC2C)ccc1O. The van der Waals surface area contributed by atoms with E-state index in [1.54, 1.807) is 54.5 Å². The second kappa shape index (κ2) is 14.3. The van der Waals surface area contributed by atoms with Crippen LogP contribution >= 0.6 is 0 Å². The van der Waals surface area contributed by atoms with Crippen LogP contribution in [0.15, 0.2) is 48.5 Å². The number of carbonyl (C=O) groups is 4. The number of hydrogen-bond acceptors (Lipinski definition) is 8. The summed E-state index contributed by atoms with van der Waals surface area (Å²) in [5.41, 5.74) is -0.0281. The maximum absolute atomic E-state index is 14.4. The molecule has 11 heteroatoms. The highest BCUT2D eigenvalue weighted by atomic mass is 16.6. The molecule has 0 saturated heterocycles. The summed E-state index contributed by atoms with van der Waals surface area (Å²) >= 11 is 0. The number of aliphatic hydroxyl groups excluding tert-OH is 1. The second-order valence-electron chi connectivity index (χ2n) is 13.6. The number of nitrogens with one attached hydrogen (secondary N) is 2.